The molecule has 1 aliphatic carbocycles. The largest absolute Gasteiger partial charge is 0.344 e. The minimum atomic E-state index is -3.82. The molecule has 2 aromatic rings. The number of hydrogen-bond donors (Lipinski definition) is 3. The number of amides is 1. The lowest BCUT2D eigenvalue weighted by Crippen LogP contribution is -2.47. The minimum absolute atomic E-state index is 0. The van der Waals surface area contributed by atoms with Crippen molar-refractivity contribution in [2.45, 2.75) is 43.0 Å². The standard InChI is InChI=1S/C27H33N3O3S.3H2/c1-3-23-18-27(23,29-26(31)22-15-16-28-19-22)25(4-2)30-34(32,33)24-12-8-11-21(17-24)14-13-20-9-6-5-7-10-20;;;/h3-12,17,22-23,28,30H,1,13-16,18-19H2,2H3,(H,29,31);3*1H/t22?,23-,27-;;;/m1.../s1. The molecular formula is C27H39N3O3S. The Balaban J connectivity index is 0.00000228. The van der Waals surface area contributed by atoms with Crippen LogP contribution in [0.2, 0.25) is 0 Å². The van der Waals surface area contributed by atoms with Gasteiger partial charge >= 0.3 is 0 Å². The van der Waals surface area contributed by atoms with Gasteiger partial charge in [0.1, 0.15) is 0 Å². The summed E-state index contributed by atoms with van der Waals surface area (Å²) in [5.74, 6) is -0.160. The average molecular weight is 486 g/mol. The predicted molar refractivity (Wildman–Crippen MR) is 141 cm³/mol. The molecule has 0 spiro atoms. The first-order valence-corrected chi connectivity index (χ1v) is 13.3. The fraction of sp³-hybridized carbons (Fsp3) is 0.370. The Labute approximate surface area is 207 Å². The molecule has 2 aliphatic rings. The van der Waals surface area contributed by atoms with E-state index >= 15 is 0 Å². The molecule has 1 aliphatic heterocycles. The molecule has 6 nitrogen and oxygen atoms in total. The maximum absolute atomic E-state index is 13.3. The van der Waals surface area contributed by atoms with Gasteiger partial charge in [0, 0.05) is 22.4 Å². The number of sulfonamides is 1. The summed E-state index contributed by atoms with van der Waals surface area (Å²) >= 11 is 0. The van der Waals surface area contributed by atoms with E-state index in [1.54, 1.807) is 37.3 Å². The van der Waals surface area contributed by atoms with Gasteiger partial charge in [-0.25, -0.2) is 8.42 Å². The Hall–Kier alpha value is -2.90. The van der Waals surface area contributed by atoms with Crippen LogP contribution in [0.5, 0.6) is 0 Å². The summed E-state index contributed by atoms with van der Waals surface area (Å²) in [5.41, 5.74) is 1.91. The molecule has 0 aromatic heterocycles. The van der Waals surface area contributed by atoms with Crippen LogP contribution in [0.4, 0.5) is 0 Å². The molecule has 1 saturated heterocycles. The van der Waals surface area contributed by atoms with Crippen LogP contribution < -0.4 is 15.4 Å². The molecular weight excluding hydrogens is 446 g/mol. The smallest absolute Gasteiger partial charge is 0.261 e. The van der Waals surface area contributed by atoms with E-state index in [2.05, 4.69) is 34.1 Å². The normalized spacial score (nSPS) is 24.4. The average Bonchev–Trinajstić information content (AvgIpc) is 3.27. The topological polar surface area (TPSA) is 87.3 Å². The van der Waals surface area contributed by atoms with Gasteiger partial charge in [-0.2, -0.15) is 0 Å². The Morgan fingerprint density at radius 3 is 2.56 bits per heavy atom. The first kappa shape index (κ1) is 24.2. The van der Waals surface area contributed by atoms with Gasteiger partial charge in [-0.3, -0.25) is 9.52 Å². The monoisotopic (exact) mass is 485 g/mol. The van der Waals surface area contributed by atoms with Gasteiger partial charge in [0.25, 0.3) is 10.0 Å². The first-order chi connectivity index (χ1) is 16.4. The molecule has 0 radical (unpaired) electrons. The maximum atomic E-state index is 13.3. The van der Waals surface area contributed by atoms with Crippen molar-refractivity contribution in [3.63, 3.8) is 0 Å². The van der Waals surface area contributed by atoms with E-state index in [1.807, 2.05) is 24.3 Å². The van der Waals surface area contributed by atoms with Gasteiger partial charge in [-0.05, 0) is 62.4 Å². The fourth-order valence-electron chi connectivity index (χ4n) is 4.71. The lowest BCUT2D eigenvalue weighted by atomic mass is 10.0. The van der Waals surface area contributed by atoms with Crippen molar-refractivity contribution in [2.75, 3.05) is 13.1 Å². The van der Waals surface area contributed by atoms with Crippen molar-refractivity contribution >= 4 is 15.9 Å². The van der Waals surface area contributed by atoms with Crippen molar-refractivity contribution in [3.8, 4) is 0 Å². The molecule has 186 valence electrons. The molecule has 3 N–H and O–H groups in total. The van der Waals surface area contributed by atoms with E-state index in [9.17, 15) is 13.2 Å². The van der Waals surface area contributed by atoms with Gasteiger partial charge in [0.2, 0.25) is 5.91 Å². The summed E-state index contributed by atoms with van der Waals surface area (Å²) in [5, 5.41) is 6.35. The summed E-state index contributed by atoms with van der Waals surface area (Å²) < 4.78 is 29.5. The van der Waals surface area contributed by atoms with Crippen molar-refractivity contribution in [1.29, 1.82) is 0 Å². The molecule has 0 bridgehead atoms. The summed E-state index contributed by atoms with van der Waals surface area (Å²) in [6.45, 7) is 7.14. The Morgan fingerprint density at radius 2 is 1.91 bits per heavy atom. The number of carbonyl (C=O) groups excluding carboxylic acids is 1. The number of hydrogen-bond acceptors (Lipinski definition) is 4. The van der Waals surface area contributed by atoms with Crippen LogP contribution in [0.15, 0.2) is 83.9 Å². The van der Waals surface area contributed by atoms with Crippen LogP contribution in [0.25, 0.3) is 0 Å². The van der Waals surface area contributed by atoms with E-state index < -0.39 is 15.6 Å². The van der Waals surface area contributed by atoms with E-state index in [0.717, 1.165) is 31.4 Å². The van der Waals surface area contributed by atoms with Crippen molar-refractivity contribution in [1.82, 2.24) is 15.4 Å². The van der Waals surface area contributed by atoms with E-state index in [0.29, 0.717) is 18.7 Å². The molecule has 4 rings (SSSR count). The van der Waals surface area contributed by atoms with Crippen LogP contribution in [0.3, 0.4) is 0 Å². The van der Waals surface area contributed by atoms with Crippen LogP contribution in [0, 0.1) is 11.8 Å². The van der Waals surface area contributed by atoms with Gasteiger partial charge in [-0.15, -0.1) is 6.58 Å². The second kappa shape index (κ2) is 10.2. The van der Waals surface area contributed by atoms with Gasteiger partial charge in [-0.1, -0.05) is 54.6 Å². The number of aryl methyl sites for hydroxylation is 2. The summed E-state index contributed by atoms with van der Waals surface area (Å²) in [7, 11) is -3.82. The van der Waals surface area contributed by atoms with Crippen molar-refractivity contribution in [2.24, 2.45) is 11.8 Å². The third-order valence-electron chi connectivity index (χ3n) is 6.84. The highest BCUT2D eigenvalue weighted by Gasteiger charge is 2.57. The van der Waals surface area contributed by atoms with Gasteiger partial charge in [0.05, 0.1) is 16.4 Å². The molecule has 1 saturated carbocycles. The zero-order valence-corrected chi connectivity index (χ0v) is 20.4. The van der Waals surface area contributed by atoms with Crippen molar-refractivity contribution in [3.05, 3.63) is 90.2 Å². The zero-order chi connectivity index (χ0) is 24.2. The Kier molecular flexibility index (Phi) is 7.24. The van der Waals surface area contributed by atoms with E-state index in [1.165, 1.54) is 5.56 Å². The molecule has 1 unspecified atom stereocenters. The first-order valence-electron chi connectivity index (χ1n) is 11.9. The van der Waals surface area contributed by atoms with Gasteiger partial charge < -0.3 is 10.6 Å². The van der Waals surface area contributed by atoms with Crippen LogP contribution in [-0.4, -0.2) is 33.0 Å². The molecule has 2 fully saturated rings. The molecule has 7 heteroatoms. The fourth-order valence-corrected chi connectivity index (χ4v) is 5.98. The molecule has 1 heterocycles. The highest BCUT2D eigenvalue weighted by molar-refractivity contribution is 7.89. The van der Waals surface area contributed by atoms with Gasteiger partial charge in [0.15, 0.2) is 0 Å². The quantitative estimate of drug-likeness (QED) is 0.443. The Morgan fingerprint density at radius 1 is 1.18 bits per heavy atom. The lowest BCUT2D eigenvalue weighted by Gasteiger charge is -2.25. The highest BCUT2D eigenvalue weighted by Crippen LogP contribution is 2.49. The Bertz CT molecular complexity index is 1190. The number of rotatable bonds is 10. The molecule has 34 heavy (non-hydrogen) atoms. The van der Waals surface area contributed by atoms with Crippen LogP contribution in [-0.2, 0) is 27.7 Å². The SMILES string of the molecule is C=C[C@@H]1C[C@]1(NC(=O)C1CCNC1)C(=CC)NS(=O)(=O)c1cccc(CCc2ccccc2)c1.[HH].[HH].[HH]. The molecule has 2 aromatic carbocycles. The van der Waals surface area contributed by atoms with E-state index in [-0.39, 0.29) is 26.9 Å². The number of nitrogens with one attached hydrogen (secondary N) is 3. The summed E-state index contributed by atoms with van der Waals surface area (Å²) in [6.07, 6.45) is 6.53. The summed E-state index contributed by atoms with van der Waals surface area (Å²) in [6, 6.07) is 17.2. The molecule has 1 amide bonds. The predicted octanol–water partition coefficient (Wildman–Crippen LogP) is 4.06. The van der Waals surface area contributed by atoms with E-state index in [4.69, 9.17) is 0 Å². The second-order valence-electron chi connectivity index (χ2n) is 9.14. The summed E-state index contributed by atoms with van der Waals surface area (Å²) in [4.78, 5) is 13.1. The third-order valence-corrected chi connectivity index (χ3v) is 8.21. The highest BCUT2D eigenvalue weighted by atomic mass is 32.2. The zero-order valence-electron chi connectivity index (χ0n) is 19.6. The third kappa shape index (κ3) is 5.26. The van der Waals surface area contributed by atoms with Crippen LogP contribution in [0.1, 0.15) is 35.2 Å². The lowest BCUT2D eigenvalue weighted by molar-refractivity contribution is -0.125. The number of benzene rings is 2. The van der Waals surface area contributed by atoms with Crippen molar-refractivity contribution < 1.29 is 17.5 Å². The second-order valence-corrected chi connectivity index (χ2v) is 10.8. The van der Waals surface area contributed by atoms with Crippen LogP contribution >= 0.6 is 0 Å². The maximum Gasteiger partial charge on any atom is 0.261 e. The number of carbonyl (C=O) groups is 1. The number of allylic oxidation sites excluding steroid dienone is 1. The minimum Gasteiger partial charge on any atom is -0.344 e. The molecule has 3 atom stereocenters.